The van der Waals surface area contributed by atoms with Crippen LogP contribution in [0.4, 0.5) is 0 Å². The zero-order valence-electron chi connectivity index (χ0n) is 9.97. The summed E-state index contributed by atoms with van der Waals surface area (Å²) in [5, 5.41) is 8.85. The maximum absolute atomic E-state index is 8.85. The highest BCUT2D eigenvalue weighted by atomic mass is 16.5. The first kappa shape index (κ1) is 11.8. The summed E-state index contributed by atoms with van der Waals surface area (Å²) < 4.78 is 5.11. The Bertz CT molecular complexity index is 642. The van der Waals surface area contributed by atoms with Gasteiger partial charge < -0.3 is 4.74 Å². The minimum atomic E-state index is 0.570. The van der Waals surface area contributed by atoms with E-state index in [2.05, 4.69) is 12.0 Å². The Hall–Kier alpha value is -2.71. The normalized spacial score (nSPS) is 9.28. The number of benzene rings is 2. The smallest absolute Gasteiger partial charge is 0.118 e. The molecule has 0 saturated heterocycles. The molecule has 0 aliphatic carbocycles. The van der Waals surface area contributed by atoms with Crippen LogP contribution in [0.5, 0.6) is 5.75 Å². The van der Waals surface area contributed by atoms with Gasteiger partial charge in [-0.2, -0.15) is 5.26 Å². The molecule has 2 heteroatoms. The molecule has 0 aliphatic rings. The van der Waals surface area contributed by atoms with Gasteiger partial charge in [-0.25, -0.2) is 0 Å². The highest BCUT2D eigenvalue weighted by molar-refractivity contribution is 5.72. The van der Waals surface area contributed by atoms with E-state index in [0.717, 1.165) is 22.4 Å². The molecular weight excluding hydrogens is 222 g/mol. The van der Waals surface area contributed by atoms with Crippen LogP contribution in [-0.4, -0.2) is 7.11 Å². The van der Waals surface area contributed by atoms with E-state index < -0.39 is 0 Å². The summed E-state index contributed by atoms with van der Waals surface area (Å²) in [7, 11) is 1.63. The van der Waals surface area contributed by atoms with Crippen molar-refractivity contribution in [1.29, 1.82) is 5.26 Å². The van der Waals surface area contributed by atoms with Gasteiger partial charge in [0.2, 0.25) is 0 Å². The summed E-state index contributed by atoms with van der Waals surface area (Å²) in [4.78, 5) is 0. The van der Waals surface area contributed by atoms with E-state index in [1.165, 1.54) is 0 Å². The van der Waals surface area contributed by atoms with Crippen molar-refractivity contribution in [3.63, 3.8) is 0 Å². The molecule has 0 radical (unpaired) electrons. The molecule has 0 unspecified atom stereocenters. The van der Waals surface area contributed by atoms with Crippen LogP contribution in [0.25, 0.3) is 11.1 Å². The van der Waals surface area contributed by atoms with Gasteiger partial charge in [-0.05, 0) is 35.4 Å². The van der Waals surface area contributed by atoms with Crippen LogP contribution in [0.1, 0.15) is 11.1 Å². The van der Waals surface area contributed by atoms with Crippen LogP contribution in [0.15, 0.2) is 42.5 Å². The summed E-state index contributed by atoms with van der Waals surface area (Å²) in [5.74, 6) is 3.42. The van der Waals surface area contributed by atoms with Gasteiger partial charge in [-0.3, -0.25) is 0 Å². The Balaban J connectivity index is 2.50. The molecule has 86 valence electrons. The zero-order chi connectivity index (χ0) is 13.0. The number of rotatable bonds is 2. The van der Waals surface area contributed by atoms with E-state index in [1.807, 2.05) is 30.3 Å². The minimum absolute atomic E-state index is 0.570. The SMILES string of the molecule is C#Cc1cc(C#N)ccc1-c1ccc(OC)cc1. The summed E-state index contributed by atoms with van der Waals surface area (Å²) >= 11 is 0. The molecule has 0 aromatic heterocycles. The lowest BCUT2D eigenvalue weighted by Gasteiger charge is -2.06. The molecule has 0 spiro atoms. The molecule has 0 amide bonds. The van der Waals surface area contributed by atoms with E-state index in [4.69, 9.17) is 16.4 Å². The van der Waals surface area contributed by atoms with Gasteiger partial charge in [0.15, 0.2) is 0 Å². The Labute approximate surface area is 106 Å². The van der Waals surface area contributed by atoms with Crippen LogP contribution in [0.2, 0.25) is 0 Å². The first-order chi connectivity index (χ1) is 8.78. The number of terminal acetylenes is 1. The van der Waals surface area contributed by atoms with Crippen molar-refractivity contribution in [3.8, 4) is 35.3 Å². The minimum Gasteiger partial charge on any atom is -0.497 e. The fraction of sp³-hybridized carbons (Fsp3) is 0.0625. The van der Waals surface area contributed by atoms with Crippen LogP contribution >= 0.6 is 0 Å². The van der Waals surface area contributed by atoms with Gasteiger partial charge in [0.1, 0.15) is 5.75 Å². The van der Waals surface area contributed by atoms with Crippen LogP contribution in [0, 0.1) is 23.7 Å². The van der Waals surface area contributed by atoms with E-state index in [-0.39, 0.29) is 0 Å². The topological polar surface area (TPSA) is 33.0 Å². The molecular formula is C16H11NO. The number of ether oxygens (including phenoxy) is 1. The van der Waals surface area contributed by atoms with Crippen LogP contribution in [0.3, 0.4) is 0 Å². The molecule has 18 heavy (non-hydrogen) atoms. The largest absolute Gasteiger partial charge is 0.497 e. The van der Waals surface area contributed by atoms with Gasteiger partial charge in [-0.15, -0.1) is 6.42 Å². The summed E-state index contributed by atoms with van der Waals surface area (Å²) in [6.07, 6.45) is 5.48. The average molecular weight is 233 g/mol. The van der Waals surface area contributed by atoms with Gasteiger partial charge in [0.05, 0.1) is 18.7 Å². The molecule has 0 heterocycles. The Morgan fingerprint density at radius 3 is 2.39 bits per heavy atom. The molecule has 0 saturated carbocycles. The number of nitrogens with zero attached hydrogens (tertiary/aromatic N) is 1. The van der Waals surface area contributed by atoms with Crippen LogP contribution < -0.4 is 4.74 Å². The molecule has 2 nitrogen and oxygen atoms in total. The fourth-order valence-corrected chi connectivity index (χ4v) is 1.76. The second-order valence-corrected chi connectivity index (χ2v) is 3.75. The molecule has 2 aromatic carbocycles. The predicted octanol–water partition coefficient (Wildman–Crippen LogP) is 3.22. The third kappa shape index (κ3) is 2.19. The van der Waals surface area contributed by atoms with Crippen molar-refractivity contribution in [2.45, 2.75) is 0 Å². The van der Waals surface area contributed by atoms with Crippen molar-refractivity contribution in [2.24, 2.45) is 0 Å². The van der Waals surface area contributed by atoms with Crippen LogP contribution in [-0.2, 0) is 0 Å². The zero-order valence-corrected chi connectivity index (χ0v) is 9.97. The maximum atomic E-state index is 8.85. The van der Waals surface area contributed by atoms with Crippen molar-refractivity contribution in [1.82, 2.24) is 0 Å². The molecule has 0 fully saturated rings. The average Bonchev–Trinajstić information content (AvgIpc) is 2.46. The van der Waals surface area contributed by atoms with E-state index in [0.29, 0.717) is 5.56 Å². The second kappa shape index (κ2) is 5.08. The lowest BCUT2D eigenvalue weighted by molar-refractivity contribution is 0.415. The summed E-state index contributed by atoms with van der Waals surface area (Å²) in [6, 6.07) is 15.1. The monoisotopic (exact) mass is 233 g/mol. The maximum Gasteiger partial charge on any atom is 0.118 e. The van der Waals surface area contributed by atoms with Gasteiger partial charge >= 0.3 is 0 Å². The van der Waals surface area contributed by atoms with Crippen molar-refractivity contribution < 1.29 is 4.74 Å². The Kier molecular flexibility index (Phi) is 3.32. The highest BCUT2D eigenvalue weighted by Gasteiger charge is 2.05. The van der Waals surface area contributed by atoms with Crippen molar-refractivity contribution in [2.75, 3.05) is 7.11 Å². The second-order valence-electron chi connectivity index (χ2n) is 3.75. The van der Waals surface area contributed by atoms with E-state index in [9.17, 15) is 0 Å². The standard InChI is InChI=1S/C16H11NO/c1-3-13-10-12(11-17)4-9-16(13)14-5-7-15(18-2)8-6-14/h1,4-10H,2H3. The number of methoxy groups -OCH3 is 1. The Morgan fingerprint density at radius 2 is 1.83 bits per heavy atom. The van der Waals surface area contributed by atoms with E-state index in [1.54, 1.807) is 19.2 Å². The molecule has 0 atom stereocenters. The Morgan fingerprint density at radius 1 is 1.11 bits per heavy atom. The third-order valence-electron chi connectivity index (χ3n) is 2.71. The van der Waals surface area contributed by atoms with Crippen molar-refractivity contribution >= 4 is 0 Å². The lowest BCUT2D eigenvalue weighted by atomic mass is 9.98. The van der Waals surface area contributed by atoms with E-state index >= 15 is 0 Å². The van der Waals surface area contributed by atoms with Gasteiger partial charge in [0.25, 0.3) is 0 Å². The summed E-state index contributed by atoms with van der Waals surface area (Å²) in [6.45, 7) is 0. The lowest BCUT2D eigenvalue weighted by Crippen LogP contribution is -1.87. The number of nitriles is 1. The van der Waals surface area contributed by atoms with Gasteiger partial charge in [-0.1, -0.05) is 24.1 Å². The molecule has 0 aliphatic heterocycles. The highest BCUT2D eigenvalue weighted by Crippen LogP contribution is 2.26. The molecule has 0 bridgehead atoms. The summed E-state index contributed by atoms with van der Waals surface area (Å²) in [5.41, 5.74) is 3.24. The predicted molar refractivity (Wildman–Crippen MR) is 71.1 cm³/mol. The quantitative estimate of drug-likeness (QED) is 0.746. The molecule has 2 rings (SSSR count). The first-order valence-corrected chi connectivity index (χ1v) is 5.43. The third-order valence-corrected chi connectivity index (χ3v) is 2.71. The van der Waals surface area contributed by atoms with Gasteiger partial charge in [0, 0.05) is 5.56 Å². The number of hydrogen-bond donors (Lipinski definition) is 0. The molecule has 2 aromatic rings. The van der Waals surface area contributed by atoms with Crippen molar-refractivity contribution in [3.05, 3.63) is 53.6 Å². The molecule has 0 N–H and O–H groups in total. The number of hydrogen-bond acceptors (Lipinski definition) is 2. The first-order valence-electron chi connectivity index (χ1n) is 5.43. The fourth-order valence-electron chi connectivity index (χ4n) is 1.76.